The quantitative estimate of drug-likeness (QED) is 0.624. The minimum absolute atomic E-state index is 0.911. The molecule has 0 atom stereocenters. The van der Waals surface area contributed by atoms with Crippen LogP contribution in [0.4, 0.5) is 0 Å². The van der Waals surface area contributed by atoms with Gasteiger partial charge >= 0.3 is 0 Å². The van der Waals surface area contributed by atoms with Crippen LogP contribution in [0, 0.1) is 0 Å². The van der Waals surface area contributed by atoms with Crippen molar-refractivity contribution < 1.29 is 0 Å². The van der Waals surface area contributed by atoms with Crippen LogP contribution in [-0.2, 0) is 0 Å². The smallest absolute Gasteiger partial charge is 0.103 e. The topological polar surface area (TPSA) is 17.8 Å². The molecule has 0 amide bonds. The first kappa shape index (κ1) is 7.88. The lowest BCUT2D eigenvalue weighted by molar-refractivity contribution is 1.24. The number of hydrogen-bond donors (Lipinski definition) is 0. The molecule has 2 nitrogen and oxygen atoms in total. The molecule has 1 aromatic heterocycles. The summed E-state index contributed by atoms with van der Waals surface area (Å²) in [5.74, 6) is 0. The minimum atomic E-state index is -0.911. The maximum atomic E-state index is 4.00. The number of hydrogen-bond acceptors (Lipinski definition) is 1. The summed E-state index contributed by atoms with van der Waals surface area (Å²) in [6.45, 7) is 7.10. The molecule has 0 fully saturated rings. The molecule has 0 N–H and O–H groups in total. The molecular formula is C6H14N2SSi. The maximum Gasteiger partial charge on any atom is 0.103 e. The molecule has 0 unspecified atom stereocenters. The molecule has 0 aliphatic rings. The summed E-state index contributed by atoms with van der Waals surface area (Å²) in [6.07, 6.45) is 5.78. The zero-order valence-corrected chi connectivity index (χ0v) is 8.63. The van der Waals surface area contributed by atoms with Gasteiger partial charge in [-0.15, -0.1) is 0 Å². The Morgan fingerprint density at radius 3 is 2.50 bits per heavy atom. The Labute approximate surface area is 66.4 Å². The van der Waals surface area contributed by atoms with E-state index in [-0.39, 0.29) is 0 Å². The summed E-state index contributed by atoms with van der Waals surface area (Å²) in [5.41, 5.74) is 0. The molecule has 1 heterocycles. The second kappa shape index (κ2) is 2.80. The third kappa shape index (κ3) is 2.58. The summed E-state index contributed by atoms with van der Waals surface area (Å²) >= 11 is 0.931. The highest BCUT2D eigenvalue weighted by molar-refractivity contribution is 8.27. The highest BCUT2D eigenvalue weighted by Crippen LogP contribution is 2.20. The molecule has 1 aromatic rings. The van der Waals surface area contributed by atoms with Crippen molar-refractivity contribution in [3.8, 4) is 0 Å². The number of nitrogens with zero attached hydrogens (tertiary/aromatic N) is 2. The van der Waals surface area contributed by atoms with Gasteiger partial charge in [0.2, 0.25) is 0 Å². The SMILES string of the molecule is C[Si](C)(C)[SH2]n1ccnc1. The second-order valence-corrected chi connectivity index (χ2v) is 13.7. The Morgan fingerprint density at radius 1 is 1.40 bits per heavy atom. The predicted octanol–water partition coefficient (Wildman–Crippen LogP) is 1.68. The molecule has 0 radical (unpaired) electrons. The van der Waals surface area contributed by atoms with Crippen molar-refractivity contribution in [2.45, 2.75) is 19.6 Å². The van der Waals surface area contributed by atoms with Gasteiger partial charge < -0.3 is 3.97 Å². The van der Waals surface area contributed by atoms with Gasteiger partial charge in [0, 0.05) is 12.4 Å². The van der Waals surface area contributed by atoms with E-state index < -0.39 is 7.22 Å². The van der Waals surface area contributed by atoms with Gasteiger partial charge in [0.25, 0.3) is 0 Å². The van der Waals surface area contributed by atoms with E-state index in [1.165, 1.54) is 0 Å². The largest absolute Gasteiger partial charge is 0.309 e. The van der Waals surface area contributed by atoms with Crippen LogP contribution in [-0.4, -0.2) is 16.2 Å². The van der Waals surface area contributed by atoms with E-state index in [4.69, 9.17) is 0 Å². The van der Waals surface area contributed by atoms with Crippen molar-refractivity contribution in [3.63, 3.8) is 0 Å². The summed E-state index contributed by atoms with van der Waals surface area (Å²) in [5, 5.41) is 0. The monoisotopic (exact) mass is 174 g/mol. The van der Waals surface area contributed by atoms with Crippen LogP contribution < -0.4 is 0 Å². The molecule has 10 heavy (non-hydrogen) atoms. The molecule has 0 aliphatic heterocycles. The predicted molar refractivity (Wildman–Crippen MR) is 51.4 cm³/mol. The summed E-state index contributed by atoms with van der Waals surface area (Å²) in [7, 11) is -0.911. The van der Waals surface area contributed by atoms with E-state index in [0.717, 1.165) is 11.4 Å². The summed E-state index contributed by atoms with van der Waals surface area (Å²) in [4.78, 5) is 4.00. The number of rotatable bonds is 2. The highest BCUT2D eigenvalue weighted by Gasteiger charge is 2.10. The average molecular weight is 174 g/mol. The highest BCUT2D eigenvalue weighted by atomic mass is 32.4. The first-order chi connectivity index (χ1) is 4.58. The normalized spacial score (nSPS) is 13.9. The first-order valence-electron chi connectivity index (χ1n) is 3.34. The Balaban J connectivity index is 2.57. The van der Waals surface area contributed by atoms with E-state index in [0.29, 0.717) is 0 Å². The fraction of sp³-hybridized carbons (Fsp3) is 0.500. The molecule has 0 aliphatic carbocycles. The molecular weight excluding hydrogens is 160 g/mol. The summed E-state index contributed by atoms with van der Waals surface area (Å²) < 4.78 is 2.19. The first-order valence-corrected chi connectivity index (χ1v) is 8.79. The van der Waals surface area contributed by atoms with E-state index in [2.05, 4.69) is 28.6 Å². The lowest BCUT2D eigenvalue weighted by atomic mass is 11.0. The van der Waals surface area contributed by atoms with E-state index in [1.807, 2.05) is 18.7 Å². The van der Waals surface area contributed by atoms with Crippen molar-refractivity contribution in [2.75, 3.05) is 0 Å². The van der Waals surface area contributed by atoms with Gasteiger partial charge in [-0.3, -0.25) is 0 Å². The van der Waals surface area contributed by atoms with Crippen molar-refractivity contribution in [1.29, 1.82) is 0 Å². The molecule has 0 saturated carbocycles. The van der Waals surface area contributed by atoms with Crippen molar-refractivity contribution in [1.82, 2.24) is 8.96 Å². The molecule has 0 spiro atoms. The lowest BCUT2D eigenvalue weighted by Crippen LogP contribution is -2.15. The van der Waals surface area contributed by atoms with Crippen molar-refractivity contribution in [3.05, 3.63) is 18.7 Å². The van der Waals surface area contributed by atoms with Crippen LogP contribution in [0.15, 0.2) is 18.7 Å². The van der Waals surface area contributed by atoms with E-state index >= 15 is 0 Å². The summed E-state index contributed by atoms with van der Waals surface area (Å²) in [6, 6.07) is 0. The average Bonchev–Trinajstić information content (AvgIpc) is 2.12. The van der Waals surface area contributed by atoms with Gasteiger partial charge in [0.15, 0.2) is 0 Å². The zero-order valence-electron chi connectivity index (χ0n) is 6.63. The molecule has 58 valence electrons. The Kier molecular flexibility index (Phi) is 2.20. The minimum Gasteiger partial charge on any atom is -0.309 e. The van der Waals surface area contributed by atoms with Gasteiger partial charge in [-0.1, -0.05) is 19.6 Å². The molecule has 4 heteroatoms. The molecule has 0 bridgehead atoms. The van der Waals surface area contributed by atoms with Crippen molar-refractivity contribution >= 4 is 18.6 Å². The van der Waals surface area contributed by atoms with Crippen LogP contribution in [0.1, 0.15) is 0 Å². The van der Waals surface area contributed by atoms with Crippen LogP contribution in [0.2, 0.25) is 19.6 Å². The van der Waals surface area contributed by atoms with Crippen LogP contribution in [0.3, 0.4) is 0 Å². The third-order valence-electron chi connectivity index (χ3n) is 0.969. The second-order valence-electron chi connectivity index (χ2n) is 3.33. The zero-order chi connectivity index (χ0) is 7.61. The molecule has 0 saturated heterocycles. The fourth-order valence-corrected chi connectivity index (χ4v) is 4.47. The van der Waals surface area contributed by atoms with Gasteiger partial charge in [-0.2, -0.15) is 11.4 Å². The van der Waals surface area contributed by atoms with Gasteiger partial charge in [-0.05, 0) is 0 Å². The van der Waals surface area contributed by atoms with Gasteiger partial charge in [0.1, 0.15) is 13.6 Å². The Morgan fingerprint density at radius 2 is 2.10 bits per heavy atom. The lowest BCUT2D eigenvalue weighted by Gasteiger charge is -2.18. The Hall–Kier alpha value is -0.223. The van der Waals surface area contributed by atoms with Crippen LogP contribution in [0.5, 0.6) is 0 Å². The van der Waals surface area contributed by atoms with Gasteiger partial charge in [-0.25, -0.2) is 4.98 Å². The van der Waals surface area contributed by atoms with Crippen molar-refractivity contribution in [2.24, 2.45) is 0 Å². The fourth-order valence-electron chi connectivity index (χ4n) is 0.713. The Bertz CT molecular complexity index is 190. The number of imidazole rings is 1. The maximum absolute atomic E-state index is 4.00. The van der Waals surface area contributed by atoms with E-state index in [9.17, 15) is 0 Å². The van der Waals surface area contributed by atoms with Gasteiger partial charge in [0.05, 0.1) is 0 Å². The molecule has 1 rings (SSSR count). The molecule has 0 aromatic carbocycles. The van der Waals surface area contributed by atoms with Crippen LogP contribution >= 0.6 is 11.4 Å². The number of aromatic nitrogens is 2. The standard InChI is InChI=1S/C6H14N2SSi/c1-10(2,3)9-8-5-4-7-6-8/h4-6H,9H2,1-3H3. The van der Waals surface area contributed by atoms with E-state index in [1.54, 1.807) is 0 Å². The van der Waals surface area contributed by atoms with Crippen LogP contribution in [0.25, 0.3) is 0 Å². The third-order valence-corrected chi connectivity index (χ3v) is 4.95.